The molecule has 2 nitrogen and oxygen atoms in total. The molecule has 2 aromatic carbocycles. The molecule has 0 bridgehead atoms. The van der Waals surface area contributed by atoms with Crippen LogP contribution in [0, 0.1) is 6.92 Å². The molecule has 0 atom stereocenters. The van der Waals surface area contributed by atoms with E-state index >= 15 is 0 Å². The summed E-state index contributed by atoms with van der Waals surface area (Å²) in [6.45, 7) is 8.60. The van der Waals surface area contributed by atoms with Crippen LogP contribution in [0.1, 0.15) is 41.6 Å². The maximum absolute atomic E-state index is 12.7. The van der Waals surface area contributed by atoms with Gasteiger partial charge in [0, 0.05) is 11.3 Å². The molecule has 3 heteroatoms. The van der Waals surface area contributed by atoms with Crippen LogP contribution in [0.3, 0.4) is 0 Å². The number of thiophene rings is 1. The summed E-state index contributed by atoms with van der Waals surface area (Å²) in [6, 6.07) is 18.4. The molecule has 3 aromatic rings. The van der Waals surface area contributed by atoms with E-state index in [1.807, 2.05) is 23.6 Å². The zero-order valence-corrected chi connectivity index (χ0v) is 15.9. The Morgan fingerprint density at radius 1 is 0.920 bits per heavy atom. The second kappa shape index (κ2) is 6.85. The molecule has 0 fully saturated rings. The van der Waals surface area contributed by atoms with Crippen molar-refractivity contribution in [2.75, 3.05) is 5.32 Å². The topological polar surface area (TPSA) is 29.1 Å². The molecule has 1 N–H and O–H groups in total. The molecule has 0 aliphatic carbocycles. The molecule has 0 radical (unpaired) electrons. The Bertz CT molecular complexity index is 868. The third kappa shape index (κ3) is 3.99. The van der Waals surface area contributed by atoms with Gasteiger partial charge in [-0.1, -0.05) is 62.7 Å². The van der Waals surface area contributed by atoms with Crippen LogP contribution in [0.2, 0.25) is 0 Å². The highest BCUT2D eigenvalue weighted by molar-refractivity contribution is 7.12. The Hall–Kier alpha value is -2.39. The van der Waals surface area contributed by atoms with Gasteiger partial charge in [-0.3, -0.25) is 4.79 Å². The molecule has 0 aliphatic heterocycles. The minimum absolute atomic E-state index is 0.0610. The number of nitrogens with one attached hydrogen (secondary N) is 1. The minimum atomic E-state index is -0.0610. The van der Waals surface area contributed by atoms with Gasteiger partial charge in [0.15, 0.2) is 0 Å². The van der Waals surface area contributed by atoms with Gasteiger partial charge in [0.05, 0.1) is 4.88 Å². The molecule has 1 aromatic heterocycles. The van der Waals surface area contributed by atoms with Crippen molar-refractivity contribution in [2.45, 2.75) is 33.1 Å². The molecule has 0 aliphatic rings. The van der Waals surface area contributed by atoms with E-state index in [2.05, 4.69) is 69.4 Å². The molecule has 1 amide bonds. The molecule has 0 saturated carbocycles. The maximum Gasteiger partial charge on any atom is 0.266 e. The van der Waals surface area contributed by atoms with Crippen molar-refractivity contribution < 1.29 is 4.79 Å². The van der Waals surface area contributed by atoms with Crippen molar-refractivity contribution in [2.24, 2.45) is 0 Å². The average molecular weight is 349 g/mol. The Morgan fingerprint density at radius 2 is 1.56 bits per heavy atom. The van der Waals surface area contributed by atoms with Gasteiger partial charge in [-0.2, -0.15) is 0 Å². The third-order valence-electron chi connectivity index (χ3n) is 4.24. The lowest BCUT2D eigenvalue weighted by atomic mass is 9.87. The monoisotopic (exact) mass is 349 g/mol. The summed E-state index contributed by atoms with van der Waals surface area (Å²) < 4.78 is 0. The predicted molar refractivity (Wildman–Crippen MR) is 108 cm³/mol. The lowest BCUT2D eigenvalue weighted by molar-refractivity contribution is 0.103. The summed E-state index contributed by atoms with van der Waals surface area (Å²) in [5.41, 5.74) is 5.44. The lowest BCUT2D eigenvalue weighted by Gasteiger charge is -2.19. The van der Waals surface area contributed by atoms with Crippen LogP contribution in [0.4, 0.5) is 5.69 Å². The molecular formula is C22H23NOS. The van der Waals surface area contributed by atoms with E-state index in [1.54, 1.807) is 0 Å². The van der Waals surface area contributed by atoms with E-state index in [0.29, 0.717) is 0 Å². The van der Waals surface area contributed by atoms with Crippen LogP contribution in [-0.2, 0) is 5.41 Å². The highest BCUT2D eigenvalue weighted by Crippen LogP contribution is 2.30. The fourth-order valence-corrected chi connectivity index (χ4v) is 3.50. The Morgan fingerprint density at radius 3 is 2.16 bits per heavy atom. The molecule has 128 valence electrons. The summed E-state index contributed by atoms with van der Waals surface area (Å²) in [5, 5.41) is 4.98. The van der Waals surface area contributed by atoms with Crippen LogP contribution in [-0.4, -0.2) is 5.91 Å². The van der Waals surface area contributed by atoms with Crippen molar-refractivity contribution in [3.8, 4) is 11.1 Å². The fourth-order valence-electron chi connectivity index (χ4n) is 2.69. The van der Waals surface area contributed by atoms with Crippen LogP contribution < -0.4 is 5.32 Å². The lowest BCUT2D eigenvalue weighted by Crippen LogP contribution is -2.13. The second-order valence-corrected chi connectivity index (χ2v) is 8.23. The van der Waals surface area contributed by atoms with E-state index in [4.69, 9.17) is 0 Å². The number of benzene rings is 2. The molecule has 0 saturated heterocycles. The zero-order valence-electron chi connectivity index (χ0n) is 15.1. The quantitative estimate of drug-likeness (QED) is 0.593. The number of carbonyl (C=O) groups is 1. The van der Waals surface area contributed by atoms with Gasteiger partial charge in [-0.15, -0.1) is 11.3 Å². The van der Waals surface area contributed by atoms with Gasteiger partial charge < -0.3 is 5.32 Å². The first-order valence-electron chi connectivity index (χ1n) is 8.41. The molecule has 1 heterocycles. The molecule has 0 unspecified atom stereocenters. The summed E-state index contributed by atoms with van der Waals surface area (Å²) in [6.07, 6.45) is 0. The first kappa shape index (κ1) is 17.4. The van der Waals surface area contributed by atoms with Gasteiger partial charge in [0.1, 0.15) is 0 Å². The number of hydrogen-bond donors (Lipinski definition) is 1. The molecular weight excluding hydrogens is 326 g/mol. The summed E-state index contributed by atoms with van der Waals surface area (Å²) >= 11 is 1.47. The summed E-state index contributed by atoms with van der Waals surface area (Å²) in [5.74, 6) is -0.0610. The molecule has 25 heavy (non-hydrogen) atoms. The summed E-state index contributed by atoms with van der Waals surface area (Å²) in [4.78, 5) is 13.5. The minimum Gasteiger partial charge on any atom is -0.321 e. The van der Waals surface area contributed by atoms with Gasteiger partial charge >= 0.3 is 0 Å². The standard InChI is InChI=1S/C22H23NOS/c1-15-5-7-16(8-6-15)19-13-14-25-20(19)21(24)23-18-11-9-17(10-12-18)22(2,3)4/h5-14H,1-4H3,(H,23,24). The first-order valence-corrected chi connectivity index (χ1v) is 9.29. The predicted octanol–water partition coefficient (Wildman–Crippen LogP) is 6.27. The van der Waals surface area contributed by atoms with Crippen molar-refractivity contribution in [1.82, 2.24) is 0 Å². The van der Waals surface area contributed by atoms with Crippen molar-refractivity contribution in [3.63, 3.8) is 0 Å². The first-order chi connectivity index (χ1) is 11.8. The number of hydrogen-bond acceptors (Lipinski definition) is 2. The van der Waals surface area contributed by atoms with Crippen LogP contribution in [0.5, 0.6) is 0 Å². The largest absolute Gasteiger partial charge is 0.321 e. The van der Waals surface area contributed by atoms with Crippen LogP contribution >= 0.6 is 11.3 Å². The third-order valence-corrected chi connectivity index (χ3v) is 5.16. The Kier molecular flexibility index (Phi) is 4.78. The smallest absolute Gasteiger partial charge is 0.266 e. The SMILES string of the molecule is Cc1ccc(-c2ccsc2C(=O)Nc2ccc(C(C)(C)C)cc2)cc1. The van der Waals surface area contributed by atoms with Gasteiger partial charge in [-0.25, -0.2) is 0 Å². The second-order valence-electron chi connectivity index (χ2n) is 7.31. The van der Waals surface area contributed by atoms with Crippen LogP contribution in [0.15, 0.2) is 60.0 Å². The van der Waals surface area contributed by atoms with E-state index in [1.165, 1.54) is 22.5 Å². The maximum atomic E-state index is 12.7. The van der Waals surface area contributed by atoms with Crippen molar-refractivity contribution >= 4 is 22.9 Å². The van der Waals surface area contributed by atoms with Crippen LogP contribution in [0.25, 0.3) is 11.1 Å². The number of anilines is 1. The highest BCUT2D eigenvalue weighted by atomic mass is 32.1. The van der Waals surface area contributed by atoms with E-state index in [9.17, 15) is 4.79 Å². The van der Waals surface area contributed by atoms with E-state index in [-0.39, 0.29) is 11.3 Å². The van der Waals surface area contributed by atoms with Crippen molar-refractivity contribution in [3.05, 3.63) is 76.0 Å². The summed E-state index contributed by atoms with van der Waals surface area (Å²) in [7, 11) is 0. The fraction of sp³-hybridized carbons (Fsp3) is 0.227. The van der Waals surface area contributed by atoms with E-state index < -0.39 is 0 Å². The highest BCUT2D eigenvalue weighted by Gasteiger charge is 2.16. The average Bonchev–Trinajstić information content (AvgIpc) is 3.05. The normalized spacial score (nSPS) is 11.4. The number of carbonyl (C=O) groups excluding carboxylic acids is 1. The van der Waals surface area contributed by atoms with Gasteiger partial charge in [0.2, 0.25) is 0 Å². The number of amides is 1. The van der Waals surface area contributed by atoms with Gasteiger partial charge in [0.25, 0.3) is 5.91 Å². The molecule has 0 spiro atoms. The zero-order chi connectivity index (χ0) is 18.0. The van der Waals surface area contributed by atoms with Crippen molar-refractivity contribution in [1.29, 1.82) is 0 Å². The van der Waals surface area contributed by atoms with Gasteiger partial charge in [-0.05, 0) is 47.0 Å². The Balaban J connectivity index is 1.81. The Labute approximate surface area is 153 Å². The number of aryl methyl sites for hydroxylation is 1. The molecule has 3 rings (SSSR count). The van der Waals surface area contributed by atoms with E-state index in [0.717, 1.165) is 21.7 Å². The number of rotatable bonds is 3.